The van der Waals surface area contributed by atoms with Crippen molar-refractivity contribution >= 4 is 18.1 Å². The summed E-state index contributed by atoms with van der Waals surface area (Å²) in [6, 6.07) is 13.2. The van der Waals surface area contributed by atoms with Gasteiger partial charge < -0.3 is 10.1 Å². The first-order valence-electron chi connectivity index (χ1n) is 8.98. The first kappa shape index (κ1) is 19.8. The van der Waals surface area contributed by atoms with Gasteiger partial charge in [-0.25, -0.2) is 4.39 Å². The lowest BCUT2D eigenvalue weighted by atomic mass is 10.2. The highest BCUT2D eigenvalue weighted by molar-refractivity contribution is 7.71. The van der Waals surface area contributed by atoms with Crippen LogP contribution >= 0.6 is 12.2 Å². The van der Waals surface area contributed by atoms with Crippen LogP contribution in [-0.2, 0) is 24.3 Å². The van der Waals surface area contributed by atoms with Crippen molar-refractivity contribution in [2.45, 2.75) is 32.9 Å². The van der Waals surface area contributed by atoms with Gasteiger partial charge in [-0.3, -0.25) is 14.5 Å². The molecular weight excluding hydrogens is 379 g/mol. The van der Waals surface area contributed by atoms with Crippen molar-refractivity contribution in [2.24, 2.45) is 0 Å². The Morgan fingerprint density at radius 1 is 1.18 bits per heavy atom. The SMILES string of the molecule is CCCc1n[nH]c(=S)n1CC(=O)NCc1ccc(Oc2ccc(F)cc2)cc1. The van der Waals surface area contributed by atoms with Crippen LogP contribution in [0.1, 0.15) is 24.7 Å². The number of hydrogen-bond acceptors (Lipinski definition) is 4. The zero-order valence-corrected chi connectivity index (χ0v) is 16.3. The molecule has 8 heteroatoms. The molecule has 0 aliphatic heterocycles. The maximum atomic E-state index is 12.9. The number of aromatic nitrogens is 3. The molecule has 0 spiro atoms. The van der Waals surface area contributed by atoms with E-state index in [0.717, 1.165) is 24.2 Å². The van der Waals surface area contributed by atoms with E-state index in [1.165, 1.54) is 12.1 Å². The number of nitrogens with zero attached hydrogens (tertiary/aromatic N) is 2. The van der Waals surface area contributed by atoms with Gasteiger partial charge in [-0.2, -0.15) is 5.10 Å². The number of H-pyrrole nitrogens is 1. The van der Waals surface area contributed by atoms with Gasteiger partial charge in [0.05, 0.1) is 0 Å². The minimum atomic E-state index is -0.308. The molecule has 1 heterocycles. The van der Waals surface area contributed by atoms with Crippen LogP contribution in [0.2, 0.25) is 0 Å². The van der Waals surface area contributed by atoms with Gasteiger partial charge in [-0.1, -0.05) is 19.1 Å². The summed E-state index contributed by atoms with van der Waals surface area (Å²) in [5.41, 5.74) is 0.935. The largest absolute Gasteiger partial charge is 0.457 e. The van der Waals surface area contributed by atoms with Crippen LogP contribution in [0.25, 0.3) is 0 Å². The number of ether oxygens (including phenoxy) is 1. The molecule has 0 saturated carbocycles. The van der Waals surface area contributed by atoms with Crippen molar-refractivity contribution < 1.29 is 13.9 Å². The molecule has 0 fully saturated rings. The number of hydrogen-bond donors (Lipinski definition) is 2. The van der Waals surface area contributed by atoms with Gasteiger partial charge in [0.15, 0.2) is 4.77 Å². The number of amides is 1. The predicted octanol–water partition coefficient (Wildman–Crippen LogP) is 4.14. The number of halogens is 1. The Labute approximate surface area is 167 Å². The van der Waals surface area contributed by atoms with Crippen LogP contribution < -0.4 is 10.1 Å². The molecule has 0 radical (unpaired) electrons. The van der Waals surface area contributed by atoms with Crippen molar-refractivity contribution in [1.29, 1.82) is 0 Å². The first-order chi connectivity index (χ1) is 13.5. The van der Waals surface area contributed by atoms with Gasteiger partial charge in [0.1, 0.15) is 29.7 Å². The lowest BCUT2D eigenvalue weighted by Gasteiger charge is -2.09. The molecule has 1 amide bonds. The molecule has 0 atom stereocenters. The quantitative estimate of drug-likeness (QED) is 0.558. The fraction of sp³-hybridized carbons (Fsp3) is 0.250. The average Bonchev–Trinajstić information content (AvgIpc) is 3.03. The van der Waals surface area contributed by atoms with E-state index in [1.807, 2.05) is 19.1 Å². The Morgan fingerprint density at radius 3 is 2.46 bits per heavy atom. The van der Waals surface area contributed by atoms with Crippen LogP contribution in [-0.4, -0.2) is 20.7 Å². The number of nitrogens with one attached hydrogen (secondary N) is 2. The van der Waals surface area contributed by atoms with Gasteiger partial charge in [0.2, 0.25) is 5.91 Å². The third-order valence-corrected chi connectivity index (χ3v) is 4.39. The van der Waals surface area contributed by atoms with E-state index < -0.39 is 0 Å². The summed E-state index contributed by atoms with van der Waals surface area (Å²) in [5.74, 6) is 1.53. The van der Waals surface area contributed by atoms with E-state index in [2.05, 4.69) is 15.5 Å². The Kier molecular flexibility index (Phi) is 6.54. The molecule has 0 saturated heterocycles. The van der Waals surface area contributed by atoms with Crippen molar-refractivity contribution in [3.8, 4) is 11.5 Å². The summed E-state index contributed by atoms with van der Waals surface area (Å²) < 4.78 is 20.7. The van der Waals surface area contributed by atoms with Crippen LogP contribution in [0, 0.1) is 10.6 Å². The Morgan fingerprint density at radius 2 is 1.82 bits per heavy atom. The van der Waals surface area contributed by atoms with Crippen molar-refractivity contribution in [3.63, 3.8) is 0 Å². The average molecular weight is 400 g/mol. The number of benzene rings is 2. The minimum absolute atomic E-state index is 0.135. The van der Waals surface area contributed by atoms with Crippen molar-refractivity contribution in [3.05, 3.63) is 70.5 Å². The van der Waals surface area contributed by atoms with Crippen LogP contribution in [0.15, 0.2) is 48.5 Å². The summed E-state index contributed by atoms with van der Waals surface area (Å²) in [5, 5.41) is 9.77. The zero-order valence-electron chi connectivity index (χ0n) is 15.4. The summed E-state index contributed by atoms with van der Waals surface area (Å²) in [6.45, 7) is 2.58. The molecule has 2 N–H and O–H groups in total. The molecule has 0 aliphatic rings. The van der Waals surface area contributed by atoms with Crippen LogP contribution in [0.4, 0.5) is 4.39 Å². The maximum Gasteiger partial charge on any atom is 0.240 e. The summed E-state index contributed by atoms with van der Waals surface area (Å²) in [7, 11) is 0. The smallest absolute Gasteiger partial charge is 0.240 e. The molecule has 0 unspecified atom stereocenters. The number of aryl methyl sites for hydroxylation is 1. The summed E-state index contributed by atoms with van der Waals surface area (Å²) in [4.78, 5) is 12.3. The second-order valence-electron chi connectivity index (χ2n) is 6.26. The zero-order chi connectivity index (χ0) is 19.9. The van der Waals surface area contributed by atoms with Crippen molar-refractivity contribution in [1.82, 2.24) is 20.1 Å². The van der Waals surface area contributed by atoms with E-state index in [9.17, 15) is 9.18 Å². The lowest BCUT2D eigenvalue weighted by molar-refractivity contribution is -0.121. The van der Waals surface area contributed by atoms with Gasteiger partial charge in [-0.05, 0) is 60.6 Å². The monoisotopic (exact) mass is 400 g/mol. The highest BCUT2D eigenvalue weighted by atomic mass is 32.1. The van der Waals surface area contributed by atoms with E-state index in [1.54, 1.807) is 28.8 Å². The highest BCUT2D eigenvalue weighted by Gasteiger charge is 2.10. The van der Waals surface area contributed by atoms with E-state index in [0.29, 0.717) is 22.8 Å². The number of carbonyl (C=O) groups is 1. The topological polar surface area (TPSA) is 71.9 Å². The molecule has 28 heavy (non-hydrogen) atoms. The van der Waals surface area contributed by atoms with E-state index in [4.69, 9.17) is 17.0 Å². The second kappa shape index (κ2) is 9.27. The fourth-order valence-corrected chi connectivity index (χ4v) is 2.86. The molecule has 146 valence electrons. The minimum Gasteiger partial charge on any atom is -0.457 e. The third kappa shape index (κ3) is 5.26. The fourth-order valence-electron chi connectivity index (χ4n) is 2.64. The van der Waals surface area contributed by atoms with Gasteiger partial charge in [0.25, 0.3) is 0 Å². The molecule has 1 aromatic heterocycles. The molecule has 3 rings (SSSR count). The molecular formula is C20H21FN4O2S. The first-order valence-corrected chi connectivity index (χ1v) is 9.39. The molecule has 2 aromatic carbocycles. The van der Waals surface area contributed by atoms with E-state index >= 15 is 0 Å². The number of carbonyl (C=O) groups excluding carboxylic acids is 1. The van der Waals surface area contributed by atoms with Crippen LogP contribution in [0.5, 0.6) is 11.5 Å². The highest BCUT2D eigenvalue weighted by Crippen LogP contribution is 2.21. The predicted molar refractivity (Wildman–Crippen MR) is 106 cm³/mol. The maximum absolute atomic E-state index is 12.9. The van der Waals surface area contributed by atoms with Crippen LogP contribution in [0.3, 0.4) is 0 Å². The normalized spacial score (nSPS) is 10.6. The number of rotatable bonds is 8. The summed E-state index contributed by atoms with van der Waals surface area (Å²) >= 11 is 5.19. The Bertz CT molecular complexity index is 981. The van der Waals surface area contributed by atoms with Gasteiger partial charge in [-0.15, -0.1) is 0 Å². The van der Waals surface area contributed by atoms with Gasteiger partial charge in [0, 0.05) is 13.0 Å². The second-order valence-corrected chi connectivity index (χ2v) is 6.64. The molecule has 0 aliphatic carbocycles. The van der Waals surface area contributed by atoms with Gasteiger partial charge >= 0.3 is 0 Å². The lowest BCUT2D eigenvalue weighted by Crippen LogP contribution is -2.27. The standard InChI is InChI=1S/C20H21FN4O2S/c1-2-3-18-23-24-20(28)25(18)13-19(26)22-12-14-4-8-16(9-5-14)27-17-10-6-15(21)7-11-17/h4-11H,2-3,12-13H2,1H3,(H,22,26)(H,24,28). The Balaban J connectivity index is 1.53. The Hall–Kier alpha value is -3.00. The molecule has 0 bridgehead atoms. The summed E-state index contributed by atoms with van der Waals surface area (Å²) in [6.07, 6.45) is 1.68. The molecule has 6 nitrogen and oxygen atoms in total. The third-order valence-electron chi connectivity index (χ3n) is 4.08. The van der Waals surface area contributed by atoms with E-state index in [-0.39, 0.29) is 18.3 Å². The number of aromatic amines is 1. The van der Waals surface area contributed by atoms with Crippen molar-refractivity contribution in [2.75, 3.05) is 0 Å². The molecule has 3 aromatic rings.